The number of halogens is 2. The molecule has 0 heterocycles. The van der Waals surface area contributed by atoms with E-state index in [-0.39, 0.29) is 18.3 Å². The third-order valence-corrected chi connectivity index (χ3v) is 2.95. The van der Waals surface area contributed by atoms with Gasteiger partial charge in [-0.05, 0) is 35.3 Å². The molecule has 0 saturated heterocycles. The predicted molar refractivity (Wildman–Crippen MR) is 64.0 cm³/mol. The molecule has 0 unspecified atom stereocenters. The Bertz CT molecular complexity index is 372. The van der Waals surface area contributed by atoms with Crippen molar-refractivity contribution in [3.8, 4) is 0 Å². The molecule has 0 atom stereocenters. The van der Waals surface area contributed by atoms with Crippen LogP contribution in [0.5, 0.6) is 0 Å². The maximum atomic E-state index is 13.0. The first-order valence-corrected chi connectivity index (χ1v) is 5.60. The summed E-state index contributed by atoms with van der Waals surface area (Å²) in [6, 6.07) is 4.51. The lowest BCUT2D eigenvalue weighted by Gasteiger charge is -2.08. The maximum Gasteiger partial charge on any atom is 0.123 e. The molecule has 1 nitrogen and oxygen atoms in total. The lowest BCUT2D eigenvalue weighted by atomic mass is 10.0. The van der Waals surface area contributed by atoms with Crippen LogP contribution in [-0.2, 0) is 0 Å². The van der Waals surface area contributed by atoms with Crippen molar-refractivity contribution in [2.24, 2.45) is 5.92 Å². The van der Waals surface area contributed by atoms with Crippen LogP contribution < -0.4 is 0 Å². The van der Waals surface area contributed by atoms with Gasteiger partial charge in [0.1, 0.15) is 5.82 Å². The molecule has 1 aromatic carbocycles. The number of rotatable bonds is 3. The van der Waals surface area contributed by atoms with Crippen molar-refractivity contribution in [1.29, 1.82) is 0 Å². The molecular formula is C12H14BrFO. The van der Waals surface area contributed by atoms with Gasteiger partial charge in [0.05, 0.1) is 6.61 Å². The summed E-state index contributed by atoms with van der Waals surface area (Å²) in [5, 5.41) is 9.14. The molecule has 0 aliphatic carbocycles. The second-order valence-electron chi connectivity index (χ2n) is 3.70. The summed E-state index contributed by atoms with van der Waals surface area (Å²) in [6.45, 7) is 3.99. The van der Waals surface area contributed by atoms with Gasteiger partial charge < -0.3 is 5.11 Å². The van der Waals surface area contributed by atoms with Crippen molar-refractivity contribution in [3.63, 3.8) is 0 Å². The fraction of sp³-hybridized carbons (Fsp3) is 0.333. The molecular weight excluding hydrogens is 259 g/mol. The monoisotopic (exact) mass is 272 g/mol. The lowest BCUT2D eigenvalue weighted by molar-refractivity contribution is 0.320. The normalized spacial score (nSPS) is 12.3. The van der Waals surface area contributed by atoms with Crippen molar-refractivity contribution in [3.05, 3.63) is 39.6 Å². The van der Waals surface area contributed by atoms with Crippen molar-refractivity contribution in [2.75, 3.05) is 6.61 Å². The zero-order valence-electron chi connectivity index (χ0n) is 8.80. The Kier molecular flexibility index (Phi) is 4.48. The predicted octanol–water partition coefficient (Wildman–Crippen LogP) is 3.62. The van der Waals surface area contributed by atoms with Crippen LogP contribution >= 0.6 is 15.9 Å². The minimum atomic E-state index is -0.273. The van der Waals surface area contributed by atoms with E-state index in [1.807, 2.05) is 19.9 Å². The Balaban J connectivity index is 3.10. The third-order valence-electron chi connectivity index (χ3n) is 2.22. The summed E-state index contributed by atoms with van der Waals surface area (Å²) >= 11 is 3.34. The van der Waals surface area contributed by atoms with Gasteiger partial charge in [-0.15, -0.1) is 0 Å². The molecule has 1 aromatic rings. The highest BCUT2D eigenvalue weighted by atomic mass is 79.9. The lowest BCUT2D eigenvalue weighted by Crippen LogP contribution is -1.99. The van der Waals surface area contributed by atoms with E-state index in [2.05, 4.69) is 15.9 Å². The molecule has 15 heavy (non-hydrogen) atoms. The summed E-state index contributed by atoms with van der Waals surface area (Å²) in [6.07, 6.45) is 1.82. The largest absolute Gasteiger partial charge is 0.392 e. The standard InChI is InChI=1S/C12H14BrFO/c1-8(2)10(7-15)5-9-6-11(14)3-4-12(9)13/h3-6,8,15H,7H2,1-2H3/b10-5+. The number of aliphatic hydroxyl groups excluding tert-OH is 1. The van der Waals surface area contributed by atoms with Crippen LogP contribution in [0.2, 0.25) is 0 Å². The van der Waals surface area contributed by atoms with Gasteiger partial charge in [0.25, 0.3) is 0 Å². The Morgan fingerprint density at radius 2 is 2.20 bits per heavy atom. The Hall–Kier alpha value is -0.670. The molecule has 0 fully saturated rings. The van der Waals surface area contributed by atoms with E-state index in [1.165, 1.54) is 12.1 Å². The maximum absolute atomic E-state index is 13.0. The highest BCUT2D eigenvalue weighted by Crippen LogP contribution is 2.22. The minimum Gasteiger partial charge on any atom is -0.392 e. The van der Waals surface area contributed by atoms with E-state index in [9.17, 15) is 4.39 Å². The summed E-state index contributed by atoms with van der Waals surface area (Å²) in [4.78, 5) is 0. The van der Waals surface area contributed by atoms with E-state index in [0.29, 0.717) is 0 Å². The molecule has 0 saturated carbocycles. The topological polar surface area (TPSA) is 20.2 Å². The van der Waals surface area contributed by atoms with Gasteiger partial charge in [0.2, 0.25) is 0 Å². The van der Waals surface area contributed by atoms with Crippen LogP contribution in [0.1, 0.15) is 19.4 Å². The summed E-state index contributed by atoms with van der Waals surface area (Å²) in [7, 11) is 0. The Morgan fingerprint density at radius 3 is 2.73 bits per heavy atom. The van der Waals surface area contributed by atoms with E-state index in [1.54, 1.807) is 6.07 Å². The van der Waals surface area contributed by atoms with Crippen LogP contribution in [0, 0.1) is 11.7 Å². The molecule has 82 valence electrons. The third kappa shape index (κ3) is 3.43. The van der Waals surface area contributed by atoms with Crippen LogP contribution in [-0.4, -0.2) is 11.7 Å². The van der Waals surface area contributed by atoms with Gasteiger partial charge in [0, 0.05) is 4.47 Å². The van der Waals surface area contributed by atoms with Crippen molar-refractivity contribution >= 4 is 22.0 Å². The fourth-order valence-corrected chi connectivity index (χ4v) is 1.58. The van der Waals surface area contributed by atoms with Gasteiger partial charge >= 0.3 is 0 Å². The molecule has 3 heteroatoms. The summed E-state index contributed by atoms with van der Waals surface area (Å²) < 4.78 is 13.8. The molecule has 0 aliphatic rings. The van der Waals surface area contributed by atoms with Crippen molar-refractivity contribution in [1.82, 2.24) is 0 Å². The average Bonchev–Trinajstić information content (AvgIpc) is 2.18. The fourth-order valence-electron chi connectivity index (χ4n) is 1.22. The van der Waals surface area contributed by atoms with E-state index in [0.717, 1.165) is 15.6 Å². The number of hydrogen-bond donors (Lipinski definition) is 1. The average molecular weight is 273 g/mol. The Labute approximate surface area is 97.8 Å². The van der Waals surface area contributed by atoms with Gasteiger partial charge in [-0.2, -0.15) is 0 Å². The van der Waals surface area contributed by atoms with Gasteiger partial charge in [-0.3, -0.25) is 0 Å². The summed E-state index contributed by atoms with van der Waals surface area (Å²) in [5.41, 5.74) is 1.65. The first-order chi connectivity index (χ1) is 7.04. The molecule has 0 aromatic heterocycles. The minimum absolute atomic E-state index is 0.000615. The van der Waals surface area contributed by atoms with Gasteiger partial charge in [-0.25, -0.2) is 4.39 Å². The van der Waals surface area contributed by atoms with Gasteiger partial charge in [0.15, 0.2) is 0 Å². The highest BCUT2D eigenvalue weighted by molar-refractivity contribution is 9.10. The molecule has 0 aliphatic heterocycles. The zero-order chi connectivity index (χ0) is 11.4. The molecule has 0 spiro atoms. The van der Waals surface area contributed by atoms with E-state index in [4.69, 9.17) is 5.11 Å². The molecule has 1 N–H and O–H groups in total. The molecule has 1 rings (SSSR count). The second kappa shape index (κ2) is 5.42. The number of hydrogen-bond acceptors (Lipinski definition) is 1. The van der Waals surface area contributed by atoms with Crippen LogP contribution in [0.4, 0.5) is 4.39 Å². The molecule has 0 amide bonds. The smallest absolute Gasteiger partial charge is 0.123 e. The first-order valence-electron chi connectivity index (χ1n) is 4.81. The van der Waals surface area contributed by atoms with E-state index < -0.39 is 0 Å². The number of aliphatic hydroxyl groups is 1. The van der Waals surface area contributed by atoms with Crippen molar-refractivity contribution < 1.29 is 9.50 Å². The van der Waals surface area contributed by atoms with Crippen molar-refractivity contribution in [2.45, 2.75) is 13.8 Å². The number of benzene rings is 1. The summed E-state index contributed by atoms with van der Waals surface area (Å²) in [5.74, 6) is -0.0179. The molecule has 0 bridgehead atoms. The Morgan fingerprint density at radius 1 is 1.53 bits per heavy atom. The van der Waals surface area contributed by atoms with Gasteiger partial charge in [-0.1, -0.05) is 35.9 Å². The zero-order valence-corrected chi connectivity index (χ0v) is 10.4. The van der Waals surface area contributed by atoms with Crippen LogP contribution in [0.15, 0.2) is 28.2 Å². The SMILES string of the molecule is CC(C)/C(=C/c1cc(F)ccc1Br)CO. The highest BCUT2D eigenvalue weighted by Gasteiger charge is 2.04. The van der Waals surface area contributed by atoms with Crippen LogP contribution in [0.25, 0.3) is 6.08 Å². The van der Waals surface area contributed by atoms with Crippen LogP contribution in [0.3, 0.4) is 0 Å². The second-order valence-corrected chi connectivity index (χ2v) is 4.55. The molecule has 0 radical (unpaired) electrons. The first kappa shape index (κ1) is 12.4. The quantitative estimate of drug-likeness (QED) is 0.891. The van der Waals surface area contributed by atoms with E-state index >= 15 is 0 Å².